The van der Waals surface area contributed by atoms with Gasteiger partial charge in [0.1, 0.15) is 17.0 Å². The van der Waals surface area contributed by atoms with Gasteiger partial charge in [-0.15, -0.1) is 0 Å². The topological polar surface area (TPSA) is 105 Å². The zero-order valence-electron chi connectivity index (χ0n) is 19.2. The largest absolute Gasteiger partial charge is 0.497 e. The number of piperazine rings is 1. The molecule has 1 aliphatic rings. The summed E-state index contributed by atoms with van der Waals surface area (Å²) < 4.78 is 36.8. The maximum absolute atomic E-state index is 13.5. The van der Waals surface area contributed by atoms with Gasteiger partial charge in [0.25, 0.3) is 0 Å². The van der Waals surface area contributed by atoms with E-state index in [-0.39, 0.29) is 25.4 Å². The van der Waals surface area contributed by atoms with Gasteiger partial charge in [0, 0.05) is 24.3 Å². The molecule has 1 aliphatic heterocycles. The van der Waals surface area contributed by atoms with E-state index in [0.29, 0.717) is 17.2 Å². The van der Waals surface area contributed by atoms with Crippen molar-refractivity contribution < 1.29 is 27.5 Å². The molecule has 0 aromatic heterocycles. The Morgan fingerprint density at radius 3 is 2.36 bits per heavy atom. The highest BCUT2D eigenvalue weighted by molar-refractivity contribution is 7.89. The number of hydrogen-bond donors (Lipinski definition) is 1. The molecule has 1 atom stereocenters. The van der Waals surface area contributed by atoms with Crippen molar-refractivity contribution in [3.05, 3.63) is 54.1 Å². The molecule has 1 unspecified atom stereocenters. The molecule has 2 aromatic rings. The van der Waals surface area contributed by atoms with Crippen LogP contribution in [-0.4, -0.2) is 63.1 Å². The number of methoxy groups -OCH3 is 2. The minimum atomic E-state index is -3.69. The van der Waals surface area contributed by atoms with Crippen molar-refractivity contribution in [1.82, 2.24) is 9.62 Å². The third-order valence-electron chi connectivity index (χ3n) is 5.75. The number of nitrogens with one attached hydrogen (secondary N) is 1. The number of rotatable bonds is 8. The second kappa shape index (κ2) is 9.80. The quantitative estimate of drug-likeness (QED) is 0.624. The van der Waals surface area contributed by atoms with Gasteiger partial charge in [-0.05, 0) is 44.2 Å². The van der Waals surface area contributed by atoms with Crippen molar-refractivity contribution in [2.24, 2.45) is 0 Å². The number of hydrogen-bond acceptors (Lipinski definition) is 6. The lowest BCUT2D eigenvalue weighted by molar-refractivity contribution is -0.133. The SMILES string of the molecule is CCS(=O)(=O)N1CC(=O)N(c2ccc(OC)cc2)C(C)(C(=O)NCc2ccccc2OC)C1. The molecule has 3 rings (SSSR count). The molecule has 0 spiro atoms. The Balaban J connectivity index is 1.97. The molecule has 9 nitrogen and oxygen atoms in total. The number of carbonyl (C=O) groups excluding carboxylic acids is 2. The summed E-state index contributed by atoms with van der Waals surface area (Å²) in [5, 5.41) is 2.86. The van der Waals surface area contributed by atoms with Crippen molar-refractivity contribution in [3.63, 3.8) is 0 Å². The molecule has 33 heavy (non-hydrogen) atoms. The van der Waals surface area contributed by atoms with Crippen LogP contribution >= 0.6 is 0 Å². The first-order chi connectivity index (χ1) is 15.7. The van der Waals surface area contributed by atoms with E-state index in [1.807, 2.05) is 18.2 Å². The molecule has 0 aliphatic carbocycles. The summed E-state index contributed by atoms with van der Waals surface area (Å²) in [5.41, 5.74) is -0.244. The highest BCUT2D eigenvalue weighted by Gasteiger charge is 2.50. The summed E-state index contributed by atoms with van der Waals surface area (Å²) in [7, 11) is -0.613. The Morgan fingerprint density at radius 2 is 1.76 bits per heavy atom. The van der Waals surface area contributed by atoms with Crippen molar-refractivity contribution in [2.45, 2.75) is 25.9 Å². The van der Waals surface area contributed by atoms with Crippen molar-refractivity contribution in [2.75, 3.05) is 38.0 Å². The summed E-state index contributed by atoms with van der Waals surface area (Å²) in [4.78, 5) is 28.1. The fourth-order valence-electron chi connectivity index (χ4n) is 3.89. The molecule has 2 aromatic carbocycles. The van der Waals surface area contributed by atoms with E-state index < -0.39 is 27.4 Å². The predicted molar refractivity (Wildman–Crippen MR) is 125 cm³/mol. The third kappa shape index (κ3) is 4.96. The Bertz CT molecular complexity index is 1120. The number of amides is 2. The van der Waals surface area contributed by atoms with E-state index in [9.17, 15) is 18.0 Å². The normalized spacial score (nSPS) is 19.3. The lowest BCUT2D eigenvalue weighted by atomic mass is 9.94. The standard InChI is InChI=1S/C23H29N3O6S/c1-5-33(29,30)25-15-21(27)26(18-10-12-19(31-3)13-11-18)23(2,16-25)22(28)24-14-17-8-6-7-9-20(17)32-4/h6-13H,5,14-16H2,1-4H3,(H,24,28). The van der Waals surface area contributed by atoms with Crippen LogP contribution in [0.3, 0.4) is 0 Å². The fourth-order valence-corrected chi connectivity index (χ4v) is 5.01. The number of benzene rings is 2. The Kier molecular flexibility index (Phi) is 7.28. The summed E-state index contributed by atoms with van der Waals surface area (Å²) >= 11 is 0. The van der Waals surface area contributed by atoms with Gasteiger partial charge in [0.2, 0.25) is 21.8 Å². The average molecular weight is 476 g/mol. The second-order valence-electron chi connectivity index (χ2n) is 7.86. The second-order valence-corrected chi connectivity index (χ2v) is 10.1. The smallest absolute Gasteiger partial charge is 0.247 e. The van der Waals surface area contributed by atoms with Crippen LogP contribution in [0.4, 0.5) is 5.69 Å². The summed E-state index contributed by atoms with van der Waals surface area (Å²) in [5.74, 6) is 0.0828. The third-order valence-corrected chi connectivity index (χ3v) is 7.52. The zero-order valence-corrected chi connectivity index (χ0v) is 20.0. The van der Waals surface area contributed by atoms with Gasteiger partial charge in [-0.1, -0.05) is 18.2 Å². The van der Waals surface area contributed by atoms with Gasteiger partial charge in [0.15, 0.2) is 0 Å². The Labute approximate surface area is 194 Å². The minimum absolute atomic E-state index is 0.156. The van der Waals surface area contributed by atoms with Crippen LogP contribution in [0.15, 0.2) is 48.5 Å². The maximum atomic E-state index is 13.5. The number of ether oxygens (including phenoxy) is 2. The lowest BCUT2D eigenvalue weighted by Gasteiger charge is -2.46. The monoisotopic (exact) mass is 475 g/mol. The summed E-state index contributed by atoms with van der Waals surface area (Å²) in [6.07, 6.45) is 0. The van der Waals surface area contributed by atoms with Crippen molar-refractivity contribution >= 4 is 27.5 Å². The molecule has 1 N–H and O–H groups in total. The van der Waals surface area contributed by atoms with E-state index in [2.05, 4.69) is 5.32 Å². The first-order valence-corrected chi connectivity index (χ1v) is 12.1. The number of anilines is 1. The van der Waals surface area contributed by atoms with E-state index >= 15 is 0 Å². The van der Waals surface area contributed by atoms with Gasteiger partial charge < -0.3 is 14.8 Å². The molecule has 0 saturated carbocycles. The van der Waals surface area contributed by atoms with E-state index in [0.717, 1.165) is 9.87 Å². The maximum Gasteiger partial charge on any atom is 0.247 e. The Morgan fingerprint density at radius 1 is 1.09 bits per heavy atom. The average Bonchev–Trinajstić information content (AvgIpc) is 2.82. The summed E-state index contributed by atoms with van der Waals surface area (Å²) in [6.45, 7) is 2.73. The Hall–Kier alpha value is -3.11. The van der Waals surface area contributed by atoms with Crippen molar-refractivity contribution in [3.8, 4) is 11.5 Å². The highest BCUT2D eigenvalue weighted by Crippen LogP contribution is 2.32. The van der Waals surface area contributed by atoms with Gasteiger partial charge in [0.05, 0.1) is 26.5 Å². The van der Waals surface area contributed by atoms with Gasteiger partial charge in [-0.2, -0.15) is 4.31 Å². The number of nitrogens with zero attached hydrogens (tertiary/aromatic N) is 2. The molecule has 2 amide bonds. The predicted octanol–water partition coefficient (Wildman–Crippen LogP) is 1.78. The molecule has 0 bridgehead atoms. The number of para-hydroxylation sites is 1. The first kappa shape index (κ1) is 24.5. The van der Waals surface area contributed by atoms with E-state index in [4.69, 9.17) is 9.47 Å². The molecule has 10 heteroatoms. The minimum Gasteiger partial charge on any atom is -0.497 e. The molecule has 178 valence electrons. The highest BCUT2D eigenvalue weighted by atomic mass is 32.2. The molecule has 1 saturated heterocycles. The first-order valence-electron chi connectivity index (χ1n) is 10.5. The summed E-state index contributed by atoms with van der Waals surface area (Å²) in [6, 6.07) is 14.0. The van der Waals surface area contributed by atoms with Crippen molar-refractivity contribution in [1.29, 1.82) is 0 Å². The van der Waals surface area contributed by atoms with Crippen LogP contribution in [0, 0.1) is 0 Å². The lowest BCUT2D eigenvalue weighted by Crippen LogP contribution is -2.70. The fraction of sp³-hybridized carbons (Fsp3) is 0.391. The number of carbonyl (C=O) groups is 2. The van der Waals surface area contributed by atoms with Crippen LogP contribution in [0.5, 0.6) is 11.5 Å². The van der Waals surface area contributed by atoms with Crippen LogP contribution in [0.1, 0.15) is 19.4 Å². The van der Waals surface area contributed by atoms with Crippen LogP contribution in [-0.2, 0) is 26.2 Å². The molecule has 1 heterocycles. The molecule has 0 radical (unpaired) electrons. The van der Waals surface area contributed by atoms with E-state index in [1.54, 1.807) is 44.4 Å². The van der Waals surface area contributed by atoms with Crippen LogP contribution in [0.2, 0.25) is 0 Å². The van der Waals surface area contributed by atoms with Gasteiger partial charge >= 0.3 is 0 Å². The molecular formula is C23H29N3O6S. The molecule has 1 fully saturated rings. The van der Waals surface area contributed by atoms with Gasteiger partial charge in [-0.3, -0.25) is 14.5 Å². The zero-order chi connectivity index (χ0) is 24.2. The van der Waals surface area contributed by atoms with Gasteiger partial charge in [-0.25, -0.2) is 8.42 Å². The molecular weight excluding hydrogens is 446 g/mol. The van der Waals surface area contributed by atoms with E-state index in [1.165, 1.54) is 18.9 Å². The van der Waals surface area contributed by atoms with Crippen LogP contribution < -0.4 is 19.7 Å². The van der Waals surface area contributed by atoms with Crippen LogP contribution in [0.25, 0.3) is 0 Å². The number of sulfonamides is 1.